The summed E-state index contributed by atoms with van der Waals surface area (Å²) in [6.45, 7) is 5.35. The number of aromatic nitrogens is 6. The van der Waals surface area contributed by atoms with Crippen molar-refractivity contribution in [3.05, 3.63) is 41.2 Å². The van der Waals surface area contributed by atoms with E-state index in [0.29, 0.717) is 64.2 Å². The fourth-order valence-electron chi connectivity index (χ4n) is 6.70. The van der Waals surface area contributed by atoms with Crippen molar-refractivity contribution in [2.75, 3.05) is 12.3 Å². The molecule has 0 saturated heterocycles. The second-order valence-electron chi connectivity index (χ2n) is 11.9. The molecule has 4 aromatic rings. The summed E-state index contributed by atoms with van der Waals surface area (Å²) in [5.41, 5.74) is 7.11. The van der Waals surface area contributed by atoms with Gasteiger partial charge in [-0.2, -0.15) is 13.2 Å². The second-order valence-corrected chi connectivity index (χ2v) is 12.3. The standard InChI is InChI=1S/C28H34ClF3N8O/c1-14(2)39(11-16-7-22(23(41)8-16)40-13-36-25-26(33)34-12-35-27(25)40)17-5-15(6-17)3-4-24-37-20-9-18(28(30,31)32)19(29)10-21(20)38-24/h9-10,12-17,22-23,41H,3-8,11H2,1-2H3,(H,37,38)(H2,33,34,35)/t15-,16-,17-,22+,23+/m0/s1. The molecule has 13 heteroatoms. The van der Waals surface area contributed by atoms with Gasteiger partial charge < -0.3 is 20.4 Å². The van der Waals surface area contributed by atoms with Crippen LogP contribution in [0.15, 0.2) is 24.8 Å². The number of nitrogens with one attached hydrogen (secondary N) is 1. The van der Waals surface area contributed by atoms with E-state index in [4.69, 9.17) is 17.3 Å². The summed E-state index contributed by atoms with van der Waals surface area (Å²) in [5, 5.41) is 10.6. The van der Waals surface area contributed by atoms with Gasteiger partial charge in [-0.3, -0.25) is 4.90 Å². The molecule has 3 aromatic heterocycles. The molecule has 0 spiro atoms. The molecular formula is C28H34ClF3N8O. The molecule has 9 nitrogen and oxygen atoms in total. The Hall–Kier alpha value is -2.96. The number of H-pyrrole nitrogens is 1. The number of aliphatic hydroxyl groups excluding tert-OH is 1. The number of rotatable bonds is 8. The van der Waals surface area contributed by atoms with Crippen LogP contribution in [0.5, 0.6) is 0 Å². The molecule has 3 heterocycles. The third kappa shape index (κ3) is 5.49. The number of aliphatic hydroxyl groups is 1. The number of benzene rings is 1. The van der Waals surface area contributed by atoms with E-state index in [1.165, 1.54) is 12.4 Å². The van der Waals surface area contributed by atoms with E-state index in [2.05, 4.69) is 43.7 Å². The van der Waals surface area contributed by atoms with Crippen molar-refractivity contribution in [3.63, 3.8) is 0 Å². The van der Waals surface area contributed by atoms with E-state index in [-0.39, 0.29) is 11.1 Å². The van der Waals surface area contributed by atoms with Crippen LogP contribution in [0.2, 0.25) is 5.02 Å². The topological polar surface area (TPSA) is 122 Å². The summed E-state index contributed by atoms with van der Waals surface area (Å²) in [5.74, 6) is 1.90. The fraction of sp³-hybridized carbons (Fsp3) is 0.571. The first-order valence-electron chi connectivity index (χ1n) is 14.1. The summed E-state index contributed by atoms with van der Waals surface area (Å²) < 4.78 is 41.5. The van der Waals surface area contributed by atoms with Gasteiger partial charge >= 0.3 is 6.18 Å². The van der Waals surface area contributed by atoms with Crippen LogP contribution in [0.1, 0.15) is 63.4 Å². The Morgan fingerprint density at radius 2 is 1.93 bits per heavy atom. The summed E-state index contributed by atoms with van der Waals surface area (Å²) >= 11 is 5.85. The largest absolute Gasteiger partial charge is 0.417 e. The molecule has 4 N–H and O–H groups in total. The molecule has 0 bridgehead atoms. The van der Waals surface area contributed by atoms with E-state index in [1.807, 2.05) is 4.57 Å². The summed E-state index contributed by atoms with van der Waals surface area (Å²) in [6, 6.07) is 3.07. The lowest BCUT2D eigenvalue weighted by molar-refractivity contribution is -0.137. The molecule has 0 aliphatic heterocycles. The zero-order valence-corrected chi connectivity index (χ0v) is 23.7. The maximum atomic E-state index is 13.2. The summed E-state index contributed by atoms with van der Waals surface area (Å²) in [4.78, 5) is 22.8. The SMILES string of the molecule is CC(C)N(C[C@@H]1C[C@@H](O)[C@H](n2cnc3c(N)ncnc32)C1)[C@H]1C[C@H](CCc2nc3cc(Cl)c(C(F)(F)F)cc3[nH]2)C1. The zero-order chi connectivity index (χ0) is 29.1. The van der Waals surface area contributed by atoms with Gasteiger partial charge in [0.1, 0.15) is 17.7 Å². The summed E-state index contributed by atoms with van der Waals surface area (Å²) in [7, 11) is 0. The van der Waals surface area contributed by atoms with Crippen molar-refractivity contribution >= 4 is 39.6 Å². The van der Waals surface area contributed by atoms with Crippen LogP contribution in [0, 0.1) is 11.8 Å². The predicted molar refractivity (Wildman–Crippen MR) is 150 cm³/mol. The molecule has 2 aliphatic carbocycles. The van der Waals surface area contributed by atoms with Crippen molar-refractivity contribution in [1.29, 1.82) is 0 Å². The molecule has 1 aromatic carbocycles. The number of nitrogens with two attached hydrogens (primary N) is 1. The predicted octanol–water partition coefficient (Wildman–Crippen LogP) is 5.39. The number of nitrogens with zero attached hydrogens (tertiary/aromatic N) is 6. The maximum Gasteiger partial charge on any atom is 0.417 e. The summed E-state index contributed by atoms with van der Waals surface area (Å²) in [6.07, 6.45) is 3.44. The molecule has 41 heavy (non-hydrogen) atoms. The zero-order valence-electron chi connectivity index (χ0n) is 22.9. The third-order valence-electron chi connectivity index (χ3n) is 8.86. The highest BCUT2D eigenvalue weighted by Gasteiger charge is 2.40. The number of nitrogen functional groups attached to an aromatic ring is 1. The molecule has 6 rings (SSSR count). The van der Waals surface area contributed by atoms with Gasteiger partial charge in [0.2, 0.25) is 0 Å². The smallest absolute Gasteiger partial charge is 0.391 e. The number of imidazole rings is 2. The highest BCUT2D eigenvalue weighted by Crippen LogP contribution is 2.41. The average molecular weight is 591 g/mol. The molecule has 2 saturated carbocycles. The van der Waals surface area contributed by atoms with Crippen LogP contribution < -0.4 is 5.73 Å². The van der Waals surface area contributed by atoms with Crippen molar-refractivity contribution in [2.45, 2.75) is 82.8 Å². The van der Waals surface area contributed by atoms with Gasteiger partial charge in [0, 0.05) is 25.0 Å². The lowest BCUT2D eigenvalue weighted by atomic mass is 9.76. The first kappa shape index (κ1) is 28.2. The monoisotopic (exact) mass is 590 g/mol. The fourth-order valence-corrected chi connectivity index (χ4v) is 6.97. The Morgan fingerprint density at radius 3 is 2.66 bits per heavy atom. The molecule has 2 aliphatic rings. The number of aryl methyl sites for hydroxylation is 1. The van der Waals surface area contributed by atoms with Gasteiger partial charge in [-0.05, 0) is 69.9 Å². The minimum atomic E-state index is -4.51. The molecule has 0 amide bonds. The van der Waals surface area contributed by atoms with Crippen molar-refractivity contribution in [1.82, 2.24) is 34.4 Å². The first-order valence-corrected chi connectivity index (χ1v) is 14.5. The van der Waals surface area contributed by atoms with Gasteiger partial charge in [0.15, 0.2) is 11.5 Å². The van der Waals surface area contributed by atoms with Crippen molar-refractivity contribution in [3.8, 4) is 0 Å². The third-order valence-corrected chi connectivity index (χ3v) is 9.18. The highest BCUT2D eigenvalue weighted by atomic mass is 35.5. The normalized spacial score (nSPS) is 25.1. The van der Waals surface area contributed by atoms with E-state index in [1.54, 1.807) is 6.33 Å². The van der Waals surface area contributed by atoms with Crippen LogP contribution in [0.25, 0.3) is 22.2 Å². The van der Waals surface area contributed by atoms with Crippen LogP contribution in [-0.2, 0) is 12.6 Å². The van der Waals surface area contributed by atoms with E-state index < -0.39 is 17.8 Å². The van der Waals surface area contributed by atoms with Crippen LogP contribution >= 0.6 is 11.6 Å². The number of alkyl halides is 3. The number of hydrogen-bond donors (Lipinski definition) is 3. The Bertz CT molecular complexity index is 1550. The molecule has 0 unspecified atom stereocenters. The van der Waals surface area contributed by atoms with E-state index >= 15 is 0 Å². The Kier molecular flexibility index (Phi) is 7.36. The lowest BCUT2D eigenvalue weighted by Crippen LogP contribution is -2.49. The Balaban J connectivity index is 1.04. The molecular weight excluding hydrogens is 557 g/mol. The van der Waals surface area contributed by atoms with Gasteiger partial charge in [-0.25, -0.2) is 19.9 Å². The first-order chi connectivity index (χ1) is 19.5. The number of halogens is 4. The van der Waals surface area contributed by atoms with Crippen LogP contribution in [0.3, 0.4) is 0 Å². The van der Waals surface area contributed by atoms with Crippen LogP contribution in [-0.4, -0.2) is 64.2 Å². The Labute approximate surface area is 240 Å². The van der Waals surface area contributed by atoms with Gasteiger partial charge in [-0.15, -0.1) is 0 Å². The van der Waals surface area contributed by atoms with Gasteiger partial charge in [-0.1, -0.05) is 11.6 Å². The van der Waals surface area contributed by atoms with E-state index in [9.17, 15) is 18.3 Å². The highest BCUT2D eigenvalue weighted by molar-refractivity contribution is 6.32. The molecule has 0 radical (unpaired) electrons. The maximum absolute atomic E-state index is 13.2. The van der Waals surface area contributed by atoms with Crippen molar-refractivity contribution in [2.24, 2.45) is 11.8 Å². The van der Waals surface area contributed by atoms with Gasteiger partial charge in [0.25, 0.3) is 0 Å². The number of aromatic amines is 1. The molecule has 220 valence electrons. The number of hydrogen-bond acceptors (Lipinski definition) is 7. The number of anilines is 1. The van der Waals surface area contributed by atoms with E-state index in [0.717, 1.165) is 44.7 Å². The minimum Gasteiger partial charge on any atom is -0.391 e. The molecule has 3 atom stereocenters. The lowest BCUT2D eigenvalue weighted by Gasteiger charge is -2.46. The van der Waals surface area contributed by atoms with Crippen LogP contribution in [0.4, 0.5) is 19.0 Å². The Morgan fingerprint density at radius 1 is 1.15 bits per heavy atom. The number of fused-ring (bicyclic) bond motifs is 2. The minimum absolute atomic E-state index is 0.103. The van der Waals surface area contributed by atoms with Gasteiger partial charge in [0.05, 0.1) is 40.1 Å². The second kappa shape index (κ2) is 10.7. The average Bonchev–Trinajstić information content (AvgIpc) is 3.57. The quantitative estimate of drug-likeness (QED) is 0.251. The molecule has 2 fully saturated rings. The van der Waals surface area contributed by atoms with Crippen molar-refractivity contribution < 1.29 is 18.3 Å².